The number of anilines is 1. The molecule has 0 bridgehead atoms. The molecule has 36 heavy (non-hydrogen) atoms. The lowest BCUT2D eigenvalue weighted by atomic mass is 9.95. The molecule has 190 valence electrons. The van der Waals surface area contributed by atoms with Gasteiger partial charge in [-0.25, -0.2) is 8.42 Å². The third-order valence-electron chi connectivity index (χ3n) is 5.92. The Bertz CT molecular complexity index is 1390. The summed E-state index contributed by atoms with van der Waals surface area (Å²) in [7, 11) is -1.60. The van der Waals surface area contributed by atoms with Crippen LogP contribution in [0.2, 0.25) is 0 Å². The fourth-order valence-electron chi connectivity index (χ4n) is 4.09. The third-order valence-corrected chi connectivity index (χ3v) is 7.80. The van der Waals surface area contributed by atoms with Crippen LogP contribution in [0.5, 0.6) is 11.5 Å². The summed E-state index contributed by atoms with van der Waals surface area (Å²) >= 11 is 0. The van der Waals surface area contributed by atoms with Crippen molar-refractivity contribution < 1.29 is 35.9 Å². The minimum absolute atomic E-state index is 0.0342. The van der Waals surface area contributed by atoms with E-state index in [2.05, 4.69) is 5.32 Å². The molecule has 3 aromatic rings. The molecule has 1 amide bonds. The minimum Gasteiger partial charge on any atom is -0.497 e. The molecule has 0 spiro atoms. The second kappa shape index (κ2) is 9.82. The van der Waals surface area contributed by atoms with Gasteiger partial charge in [-0.1, -0.05) is 30.3 Å². The van der Waals surface area contributed by atoms with E-state index in [1.54, 1.807) is 30.3 Å². The van der Waals surface area contributed by atoms with E-state index in [0.717, 1.165) is 22.0 Å². The fourth-order valence-corrected chi connectivity index (χ4v) is 5.82. The fraction of sp³-hybridized carbons (Fsp3) is 0.240. The molecule has 0 saturated heterocycles. The van der Waals surface area contributed by atoms with Crippen LogP contribution in [-0.2, 0) is 34.0 Å². The number of hydrogen-bond acceptors (Lipinski definition) is 5. The van der Waals surface area contributed by atoms with Gasteiger partial charge < -0.3 is 14.8 Å². The Labute approximate surface area is 206 Å². The molecule has 1 heterocycles. The summed E-state index contributed by atoms with van der Waals surface area (Å²) in [4.78, 5) is 13.2. The molecule has 0 aliphatic carbocycles. The SMILES string of the molecule is COc1ccc(OC)c(S(=O)(=O)N2Cc3ccccc3C[C@@H]2C(=O)Nc2cccc(C(F)(F)F)c2)c1. The van der Waals surface area contributed by atoms with Gasteiger partial charge in [0.05, 0.1) is 19.8 Å². The normalized spacial score (nSPS) is 16.2. The molecule has 1 atom stereocenters. The van der Waals surface area contributed by atoms with Crippen molar-refractivity contribution in [2.24, 2.45) is 0 Å². The number of sulfonamides is 1. The molecule has 0 saturated carbocycles. The van der Waals surface area contributed by atoms with Crippen LogP contribution in [0.3, 0.4) is 0 Å². The zero-order valence-electron chi connectivity index (χ0n) is 19.4. The second-order valence-corrected chi connectivity index (χ2v) is 9.98. The summed E-state index contributed by atoms with van der Waals surface area (Å²) in [6.45, 7) is -0.112. The lowest BCUT2D eigenvalue weighted by Gasteiger charge is -2.35. The van der Waals surface area contributed by atoms with Gasteiger partial charge in [-0.05, 0) is 47.9 Å². The molecule has 1 aliphatic heterocycles. The van der Waals surface area contributed by atoms with Crippen LogP contribution in [0.1, 0.15) is 16.7 Å². The van der Waals surface area contributed by atoms with Gasteiger partial charge in [0.25, 0.3) is 0 Å². The van der Waals surface area contributed by atoms with Gasteiger partial charge in [0, 0.05) is 18.3 Å². The molecule has 7 nitrogen and oxygen atoms in total. The summed E-state index contributed by atoms with van der Waals surface area (Å²) in [5.41, 5.74) is 0.460. The number of methoxy groups -OCH3 is 2. The zero-order valence-corrected chi connectivity index (χ0v) is 20.2. The molecule has 0 unspecified atom stereocenters. The van der Waals surface area contributed by atoms with Crippen LogP contribution >= 0.6 is 0 Å². The van der Waals surface area contributed by atoms with Crippen molar-refractivity contribution in [2.45, 2.75) is 30.1 Å². The Morgan fingerprint density at radius 2 is 1.69 bits per heavy atom. The Kier molecular flexibility index (Phi) is 6.96. The van der Waals surface area contributed by atoms with Crippen molar-refractivity contribution in [3.05, 3.63) is 83.4 Å². The highest BCUT2D eigenvalue weighted by atomic mass is 32.2. The van der Waals surface area contributed by atoms with E-state index < -0.39 is 33.7 Å². The molecule has 0 fully saturated rings. The number of amides is 1. The summed E-state index contributed by atoms with van der Waals surface area (Å²) < 4.78 is 78.6. The summed E-state index contributed by atoms with van der Waals surface area (Å²) in [6, 6.07) is 14.3. The van der Waals surface area contributed by atoms with Crippen LogP contribution in [0.25, 0.3) is 0 Å². The lowest BCUT2D eigenvalue weighted by molar-refractivity contribution is -0.137. The number of halogens is 3. The molecule has 4 rings (SSSR count). The van der Waals surface area contributed by atoms with Crippen LogP contribution in [0.15, 0.2) is 71.6 Å². The van der Waals surface area contributed by atoms with E-state index in [1.165, 1.54) is 38.5 Å². The predicted octanol–water partition coefficient (Wildman–Crippen LogP) is 4.48. The quantitative estimate of drug-likeness (QED) is 0.518. The first-order valence-electron chi connectivity index (χ1n) is 10.8. The molecule has 11 heteroatoms. The third kappa shape index (κ3) is 5.02. The van der Waals surface area contributed by atoms with Gasteiger partial charge in [-0.15, -0.1) is 0 Å². The number of rotatable bonds is 6. The highest BCUT2D eigenvalue weighted by Crippen LogP contribution is 2.36. The summed E-state index contributed by atoms with van der Waals surface area (Å²) in [5, 5.41) is 2.46. The maximum Gasteiger partial charge on any atom is 0.416 e. The molecule has 1 aliphatic rings. The van der Waals surface area contributed by atoms with Crippen molar-refractivity contribution in [1.29, 1.82) is 0 Å². The van der Waals surface area contributed by atoms with Crippen molar-refractivity contribution >= 4 is 21.6 Å². The number of ether oxygens (including phenoxy) is 2. The van der Waals surface area contributed by atoms with Gasteiger partial charge in [0.2, 0.25) is 15.9 Å². The minimum atomic E-state index is -4.59. The average Bonchev–Trinajstić information content (AvgIpc) is 2.87. The number of benzene rings is 3. The lowest BCUT2D eigenvalue weighted by Crippen LogP contribution is -2.50. The monoisotopic (exact) mass is 520 g/mol. The van der Waals surface area contributed by atoms with E-state index >= 15 is 0 Å². The molecule has 0 radical (unpaired) electrons. The smallest absolute Gasteiger partial charge is 0.416 e. The molecule has 1 N–H and O–H groups in total. The van der Waals surface area contributed by atoms with Crippen molar-refractivity contribution in [3.8, 4) is 11.5 Å². The Morgan fingerprint density at radius 3 is 2.36 bits per heavy atom. The highest BCUT2D eigenvalue weighted by molar-refractivity contribution is 7.89. The number of fused-ring (bicyclic) bond motifs is 1. The maximum absolute atomic E-state index is 13.9. The Hall–Kier alpha value is -3.57. The first-order chi connectivity index (χ1) is 17.0. The van der Waals surface area contributed by atoms with Gasteiger partial charge in [0.1, 0.15) is 22.4 Å². The largest absolute Gasteiger partial charge is 0.497 e. The van der Waals surface area contributed by atoms with E-state index in [9.17, 15) is 26.4 Å². The predicted molar refractivity (Wildman–Crippen MR) is 126 cm³/mol. The number of carbonyl (C=O) groups is 1. The highest BCUT2D eigenvalue weighted by Gasteiger charge is 2.41. The van der Waals surface area contributed by atoms with E-state index in [0.29, 0.717) is 5.56 Å². The number of nitrogens with one attached hydrogen (secondary N) is 1. The van der Waals surface area contributed by atoms with Crippen LogP contribution in [0, 0.1) is 0 Å². The van der Waals surface area contributed by atoms with Crippen molar-refractivity contribution in [1.82, 2.24) is 4.31 Å². The van der Waals surface area contributed by atoms with Gasteiger partial charge in [-0.2, -0.15) is 17.5 Å². The Morgan fingerprint density at radius 1 is 0.972 bits per heavy atom. The van der Waals surface area contributed by atoms with E-state index in [-0.39, 0.29) is 35.0 Å². The standard InChI is InChI=1S/C25H23F3N2O5S/c1-34-20-10-11-22(35-2)23(14-20)36(32,33)30-15-17-7-4-3-6-16(17)12-21(30)24(31)29-19-9-5-8-18(13-19)25(26,27)28/h3-11,13-14,21H,12,15H2,1-2H3,(H,29,31)/t21-/m1/s1. The number of hydrogen-bond donors (Lipinski definition) is 1. The zero-order chi connectivity index (χ0) is 26.1. The number of alkyl halides is 3. The van der Waals surface area contributed by atoms with Crippen molar-refractivity contribution in [2.75, 3.05) is 19.5 Å². The number of nitrogens with zero attached hydrogens (tertiary/aromatic N) is 1. The summed E-state index contributed by atoms with van der Waals surface area (Å²) in [6.07, 6.45) is -4.56. The molecular weight excluding hydrogens is 497 g/mol. The Balaban J connectivity index is 1.75. The number of carbonyl (C=O) groups excluding carboxylic acids is 1. The van der Waals surface area contributed by atoms with Crippen LogP contribution in [-0.4, -0.2) is 38.9 Å². The van der Waals surface area contributed by atoms with E-state index in [4.69, 9.17) is 9.47 Å². The van der Waals surface area contributed by atoms with Crippen LogP contribution in [0.4, 0.5) is 18.9 Å². The topological polar surface area (TPSA) is 84.9 Å². The maximum atomic E-state index is 13.9. The van der Waals surface area contributed by atoms with Crippen LogP contribution < -0.4 is 14.8 Å². The summed E-state index contributed by atoms with van der Waals surface area (Å²) in [5.74, 6) is -0.419. The van der Waals surface area contributed by atoms with Gasteiger partial charge in [-0.3, -0.25) is 4.79 Å². The first-order valence-corrected chi connectivity index (χ1v) is 12.3. The van der Waals surface area contributed by atoms with Gasteiger partial charge >= 0.3 is 6.18 Å². The average molecular weight is 521 g/mol. The second-order valence-electron chi connectivity index (χ2n) is 8.12. The first kappa shape index (κ1) is 25.5. The van der Waals surface area contributed by atoms with E-state index in [1.807, 2.05) is 0 Å². The van der Waals surface area contributed by atoms with Crippen molar-refractivity contribution in [3.63, 3.8) is 0 Å². The van der Waals surface area contributed by atoms with Gasteiger partial charge in [0.15, 0.2) is 0 Å². The molecule has 3 aromatic carbocycles. The molecule has 0 aromatic heterocycles. The molecular formula is C25H23F3N2O5S.